The van der Waals surface area contributed by atoms with Crippen LogP contribution in [-0.2, 0) is 4.74 Å². The first-order valence-corrected chi connectivity index (χ1v) is 7.63. The fraction of sp³-hybridized carbons (Fsp3) is 0.600. The Kier molecular flexibility index (Phi) is 8.10. The Morgan fingerprint density at radius 1 is 1.26 bits per heavy atom. The standard InChI is InChI=1S/C15H24BrNO2/c1-4-17-12(2)14-11-13(16)7-8-15(14)19-10-6-5-9-18-3/h7-8,11-12,17H,4-6,9-10H2,1-3H3. The maximum absolute atomic E-state index is 5.89. The average Bonchev–Trinajstić information content (AvgIpc) is 2.40. The Morgan fingerprint density at radius 3 is 2.68 bits per heavy atom. The van der Waals surface area contributed by atoms with Crippen molar-refractivity contribution in [2.45, 2.75) is 32.7 Å². The SMILES string of the molecule is CCNC(C)c1cc(Br)ccc1OCCCCOC. The molecule has 0 radical (unpaired) electrons. The molecule has 1 atom stereocenters. The van der Waals surface area contributed by atoms with Crippen molar-refractivity contribution >= 4 is 15.9 Å². The highest BCUT2D eigenvalue weighted by Gasteiger charge is 2.11. The summed E-state index contributed by atoms with van der Waals surface area (Å²) in [6, 6.07) is 6.46. The van der Waals surface area contributed by atoms with Crippen LogP contribution in [0.1, 0.15) is 38.3 Å². The van der Waals surface area contributed by atoms with Crippen LogP contribution in [0, 0.1) is 0 Å². The summed E-state index contributed by atoms with van der Waals surface area (Å²) in [6.07, 6.45) is 2.05. The zero-order chi connectivity index (χ0) is 14.1. The van der Waals surface area contributed by atoms with Crippen LogP contribution in [0.5, 0.6) is 5.75 Å². The van der Waals surface area contributed by atoms with Crippen LogP contribution in [-0.4, -0.2) is 26.9 Å². The van der Waals surface area contributed by atoms with E-state index in [1.807, 2.05) is 12.1 Å². The van der Waals surface area contributed by atoms with E-state index in [0.717, 1.165) is 42.8 Å². The lowest BCUT2D eigenvalue weighted by atomic mass is 10.1. The van der Waals surface area contributed by atoms with Crippen LogP contribution in [0.25, 0.3) is 0 Å². The third kappa shape index (κ3) is 5.93. The number of halogens is 1. The maximum atomic E-state index is 5.89. The van der Waals surface area contributed by atoms with Crippen LogP contribution in [0.2, 0.25) is 0 Å². The summed E-state index contributed by atoms with van der Waals surface area (Å²) in [5.74, 6) is 0.967. The Labute approximate surface area is 124 Å². The molecule has 19 heavy (non-hydrogen) atoms. The molecule has 1 N–H and O–H groups in total. The van der Waals surface area contributed by atoms with E-state index < -0.39 is 0 Å². The van der Waals surface area contributed by atoms with Crippen molar-refractivity contribution in [3.8, 4) is 5.75 Å². The minimum atomic E-state index is 0.288. The number of ether oxygens (including phenoxy) is 2. The van der Waals surface area contributed by atoms with E-state index >= 15 is 0 Å². The van der Waals surface area contributed by atoms with Gasteiger partial charge in [0.2, 0.25) is 0 Å². The number of rotatable bonds is 9. The highest BCUT2D eigenvalue weighted by molar-refractivity contribution is 9.10. The van der Waals surface area contributed by atoms with Crippen LogP contribution in [0.15, 0.2) is 22.7 Å². The smallest absolute Gasteiger partial charge is 0.124 e. The highest BCUT2D eigenvalue weighted by atomic mass is 79.9. The molecular weight excluding hydrogens is 306 g/mol. The first-order valence-electron chi connectivity index (χ1n) is 6.83. The summed E-state index contributed by atoms with van der Waals surface area (Å²) >= 11 is 3.52. The van der Waals surface area contributed by atoms with E-state index in [0.29, 0.717) is 0 Å². The van der Waals surface area contributed by atoms with Gasteiger partial charge < -0.3 is 14.8 Å². The van der Waals surface area contributed by atoms with Crippen LogP contribution < -0.4 is 10.1 Å². The van der Waals surface area contributed by atoms with Crippen molar-refractivity contribution in [3.63, 3.8) is 0 Å². The summed E-state index contributed by atoms with van der Waals surface area (Å²) in [6.45, 7) is 6.74. The molecule has 0 aliphatic carbocycles. The van der Waals surface area contributed by atoms with Gasteiger partial charge in [0.25, 0.3) is 0 Å². The third-order valence-corrected chi connectivity index (χ3v) is 3.44. The molecule has 0 bridgehead atoms. The number of methoxy groups -OCH3 is 1. The average molecular weight is 330 g/mol. The molecule has 108 valence electrons. The zero-order valence-electron chi connectivity index (χ0n) is 12.0. The van der Waals surface area contributed by atoms with Crippen molar-refractivity contribution in [2.24, 2.45) is 0 Å². The molecule has 4 heteroatoms. The Morgan fingerprint density at radius 2 is 2.00 bits per heavy atom. The summed E-state index contributed by atoms with van der Waals surface area (Å²) in [5.41, 5.74) is 1.20. The first-order chi connectivity index (χ1) is 9.19. The van der Waals surface area contributed by atoms with E-state index in [1.165, 1.54) is 5.56 Å². The lowest BCUT2D eigenvalue weighted by molar-refractivity contribution is 0.184. The van der Waals surface area contributed by atoms with Crippen molar-refractivity contribution in [1.82, 2.24) is 5.32 Å². The fourth-order valence-corrected chi connectivity index (χ4v) is 2.31. The molecule has 0 fully saturated rings. The van der Waals surface area contributed by atoms with Crippen LogP contribution in [0.3, 0.4) is 0 Å². The Hall–Kier alpha value is -0.580. The minimum absolute atomic E-state index is 0.288. The van der Waals surface area contributed by atoms with Gasteiger partial charge in [0, 0.05) is 29.8 Å². The lowest BCUT2D eigenvalue weighted by Crippen LogP contribution is -2.18. The molecule has 0 saturated carbocycles. The Bertz CT molecular complexity index is 371. The Balaban J connectivity index is 2.60. The van der Waals surface area contributed by atoms with E-state index in [2.05, 4.69) is 41.2 Å². The third-order valence-electron chi connectivity index (χ3n) is 2.95. The number of nitrogens with one attached hydrogen (secondary N) is 1. The van der Waals surface area contributed by atoms with Crippen LogP contribution in [0.4, 0.5) is 0 Å². The molecule has 0 aromatic heterocycles. The predicted octanol–water partition coefficient (Wildman–Crippen LogP) is 3.93. The summed E-state index contributed by atoms with van der Waals surface area (Å²) in [7, 11) is 1.73. The predicted molar refractivity (Wildman–Crippen MR) is 82.8 cm³/mol. The highest BCUT2D eigenvalue weighted by Crippen LogP contribution is 2.28. The molecule has 1 aromatic carbocycles. The molecule has 0 amide bonds. The fourth-order valence-electron chi connectivity index (χ4n) is 1.94. The van der Waals surface area contributed by atoms with E-state index in [9.17, 15) is 0 Å². The van der Waals surface area contributed by atoms with Crippen molar-refractivity contribution < 1.29 is 9.47 Å². The lowest BCUT2D eigenvalue weighted by Gasteiger charge is -2.18. The molecule has 0 aliphatic rings. The van der Waals surface area contributed by atoms with Gasteiger partial charge in [-0.15, -0.1) is 0 Å². The van der Waals surface area contributed by atoms with E-state index in [4.69, 9.17) is 9.47 Å². The molecule has 0 aliphatic heterocycles. The van der Waals surface area contributed by atoms with Gasteiger partial charge in [-0.05, 0) is 44.5 Å². The van der Waals surface area contributed by atoms with Crippen molar-refractivity contribution in [1.29, 1.82) is 0 Å². The molecule has 0 saturated heterocycles. The molecule has 0 spiro atoms. The molecule has 1 unspecified atom stereocenters. The second-order valence-corrected chi connectivity index (χ2v) is 5.43. The van der Waals surface area contributed by atoms with Gasteiger partial charge in [0.15, 0.2) is 0 Å². The maximum Gasteiger partial charge on any atom is 0.124 e. The van der Waals surface area contributed by atoms with E-state index in [-0.39, 0.29) is 6.04 Å². The van der Waals surface area contributed by atoms with Gasteiger partial charge in [0.05, 0.1) is 6.61 Å². The quantitative estimate of drug-likeness (QED) is 0.696. The van der Waals surface area contributed by atoms with Gasteiger partial charge in [-0.3, -0.25) is 0 Å². The van der Waals surface area contributed by atoms with Crippen molar-refractivity contribution in [2.75, 3.05) is 26.9 Å². The topological polar surface area (TPSA) is 30.5 Å². The normalized spacial score (nSPS) is 12.4. The number of hydrogen-bond donors (Lipinski definition) is 1. The molecular formula is C15H24BrNO2. The second kappa shape index (κ2) is 9.34. The number of hydrogen-bond acceptors (Lipinski definition) is 3. The first kappa shape index (κ1) is 16.5. The largest absolute Gasteiger partial charge is 0.493 e. The van der Waals surface area contributed by atoms with Gasteiger partial charge in [-0.2, -0.15) is 0 Å². The summed E-state index contributed by atoms with van der Waals surface area (Å²) in [5, 5.41) is 3.42. The van der Waals surface area contributed by atoms with Gasteiger partial charge in [-0.1, -0.05) is 22.9 Å². The molecule has 3 nitrogen and oxygen atoms in total. The van der Waals surface area contributed by atoms with E-state index in [1.54, 1.807) is 7.11 Å². The van der Waals surface area contributed by atoms with Crippen molar-refractivity contribution in [3.05, 3.63) is 28.2 Å². The number of benzene rings is 1. The second-order valence-electron chi connectivity index (χ2n) is 4.51. The number of unbranched alkanes of at least 4 members (excludes halogenated alkanes) is 1. The molecule has 0 heterocycles. The zero-order valence-corrected chi connectivity index (χ0v) is 13.6. The minimum Gasteiger partial charge on any atom is -0.493 e. The van der Waals surface area contributed by atoms with Gasteiger partial charge in [-0.25, -0.2) is 0 Å². The molecule has 1 aromatic rings. The monoisotopic (exact) mass is 329 g/mol. The van der Waals surface area contributed by atoms with Crippen LogP contribution >= 0.6 is 15.9 Å². The van der Waals surface area contributed by atoms with Gasteiger partial charge >= 0.3 is 0 Å². The summed E-state index contributed by atoms with van der Waals surface area (Å²) < 4.78 is 12.0. The summed E-state index contributed by atoms with van der Waals surface area (Å²) in [4.78, 5) is 0. The molecule has 1 rings (SSSR count). The van der Waals surface area contributed by atoms with Gasteiger partial charge in [0.1, 0.15) is 5.75 Å².